The highest BCUT2D eigenvalue weighted by molar-refractivity contribution is 7.98. The van der Waals surface area contributed by atoms with E-state index in [1.165, 1.54) is 44.9 Å². The van der Waals surface area contributed by atoms with Gasteiger partial charge in [-0.05, 0) is 54.4 Å². The Morgan fingerprint density at radius 3 is 2.32 bits per heavy atom. The summed E-state index contributed by atoms with van der Waals surface area (Å²) in [5, 5.41) is 9.57. The maximum absolute atomic E-state index is 11.7. The van der Waals surface area contributed by atoms with Gasteiger partial charge < -0.3 is 9.83 Å². The summed E-state index contributed by atoms with van der Waals surface area (Å²) in [6, 6.07) is 15.6. The zero-order valence-corrected chi connectivity index (χ0v) is 17.0. The molecule has 2 aromatic carbocycles. The monoisotopic (exact) mass is 396 g/mol. The fourth-order valence-electron chi connectivity index (χ4n) is 4.59. The Kier molecular flexibility index (Phi) is 5.93. The van der Waals surface area contributed by atoms with Gasteiger partial charge in [0.25, 0.3) is 0 Å². The molecule has 0 bridgehead atoms. The normalized spacial score (nSPS) is 19.4. The summed E-state index contributed by atoms with van der Waals surface area (Å²) in [5.41, 5.74) is 3.66. The quantitative estimate of drug-likeness (QED) is 0.601. The number of nitrogens with zero attached hydrogens (tertiary/aromatic N) is 1. The van der Waals surface area contributed by atoms with Gasteiger partial charge in [0.1, 0.15) is 0 Å². The number of carbonyl (C=O) groups is 1. The van der Waals surface area contributed by atoms with Crippen molar-refractivity contribution in [3.8, 4) is 11.1 Å². The highest BCUT2D eigenvalue weighted by Gasteiger charge is 2.35. The number of benzene rings is 2. The smallest absolute Gasteiger partial charge is 0.337 e. The fourth-order valence-corrected chi connectivity index (χ4v) is 5.35. The Balaban J connectivity index is 1.43. The van der Waals surface area contributed by atoms with Crippen molar-refractivity contribution in [3.05, 3.63) is 54.1 Å². The van der Waals surface area contributed by atoms with E-state index in [0.717, 1.165) is 24.2 Å². The molecular formula is C23H28N2O2S. The van der Waals surface area contributed by atoms with Gasteiger partial charge in [-0.15, -0.1) is 0 Å². The number of piperidine rings is 1. The van der Waals surface area contributed by atoms with Crippen molar-refractivity contribution in [3.63, 3.8) is 0 Å². The maximum atomic E-state index is 11.7. The van der Waals surface area contributed by atoms with Crippen molar-refractivity contribution in [1.82, 2.24) is 4.31 Å². The van der Waals surface area contributed by atoms with E-state index in [0.29, 0.717) is 16.7 Å². The van der Waals surface area contributed by atoms with Crippen LogP contribution in [0, 0.1) is 5.41 Å². The van der Waals surface area contributed by atoms with Crippen LogP contribution in [0.5, 0.6) is 0 Å². The molecule has 2 fully saturated rings. The Hall–Kier alpha value is -1.98. The number of hydrogen-bond donors (Lipinski definition) is 2. The third-order valence-electron chi connectivity index (χ3n) is 6.34. The molecule has 1 saturated heterocycles. The largest absolute Gasteiger partial charge is 0.478 e. The number of carboxylic acids is 1. The van der Waals surface area contributed by atoms with Crippen LogP contribution >= 0.6 is 12.1 Å². The van der Waals surface area contributed by atoms with Gasteiger partial charge >= 0.3 is 5.97 Å². The van der Waals surface area contributed by atoms with E-state index < -0.39 is 5.97 Å². The lowest BCUT2D eigenvalue weighted by Crippen LogP contribution is -2.38. The molecule has 0 aromatic heterocycles. The first-order chi connectivity index (χ1) is 13.7. The average molecular weight is 397 g/mol. The number of anilines is 1. The molecule has 1 spiro atoms. The van der Waals surface area contributed by atoms with Crippen LogP contribution in [0.25, 0.3) is 11.1 Å². The van der Waals surface area contributed by atoms with E-state index >= 15 is 0 Å². The summed E-state index contributed by atoms with van der Waals surface area (Å²) in [6.45, 7) is 2.14. The van der Waals surface area contributed by atoms with E-state index in [9.17, 15) is 9.90 Å². The first kappa shape index (κ1) is 19.3. The van der Waals surface area contributed by atoms with E-state index in [4.69, 9.17) is 0 Å². The van der Waals surface area contributed by atoms with Gasteiger partial charge in [-0.3, -0.25) is 0 Å². The molecule has 2 N–H and O–H groups in total. The standard InChI is InChI=1S/C23H28N2O2S/c26-22(27)20-10-9-19(18-7-3-1-4-8-18)17-21(20)24-28-25-15-13-23(14-16-25)11-5-2-6-12-23/h1,3-4,7-10,17,24H,2,5-6,11-16H2,(H,26,27). The van der Waals surface area contributed by atoms with Gasteiger partial charge in [-0.1, -0.05) is 55.7 Å². The molecule has 28 heavy (non-hydrogen) atoms. The topological polar surface area (TPSA) is 52.6 Å². The summed E-state index contributed by atoms with van der Waals surface area (Å²) in [4.78, 5) is 11.7. The highest BCUT2D eigenvalue weighted by atomic mass is 32.2. The lowest BCUT2D eigenvalue weighted by atomic mass is 9.68. The predicted molar refractivity (Wildman–Crippen MR) is 116 cm³/mol. The van der Waals surface area contributed by atoms with Gasteiger partial charge in [0.2, 0.25) is 0 Å². The number of rotatable bonds is 5. The molecule has 5 heteroatoms. The van der Waals surface area contributed by atoms with Gasteiger partial charge in [0.05, 0.1) is 11.3 Å². The highest BCUT2D eigenvalue weighted by Crippen LogP contribution is 2.45. The summed E-state index contributed by atoms with van der Waals surface area (Å²) in [5.74, 6) is -0.900. The van der Waals surface area contributed by atoms with Crippen molar-refractivity contribution in [2.24, 2.45) is 5.41 Å². The molecule has 0 unspecified atom stereocenters. The van der Waals surface area contributed by atoms with Crippen LogP contribution in [0.15, 0.2) is 48.5 Å². The predicted octanol–water partition coefficient (Wildman–Crippen LogP) is 6.07. The minimum absolute atomic E-state index is 0.313. The van der Waals surface area contributed by atoms with Crippen LogP contribution < -0.4 is 4.72 Å². The molecule has 1 heterocycles. The van der Waals surface area contributed by atoms with E-state index in [-0.39, 0.29) is 0 Å². The minimum Gasteiger partial charge on any atom is -0.478 e. The van der Waals surface area contributed by atoms with E-state index in [1.54, 1.807) is 18.2 Å². The van der Waals surface area contributed by atoms with Gasteiger partial charge in [0, 0.05) is 25.2 Å². The maximum Gasteiger partial charge on any atom is 0.337 e. The summed E-state index contributed by atoms with van der Waals surface area (Å²) >= 11 is 1.55. The lowest BCUT2D eigenvalue weighted by Gasteiger charge is -2.43. The average Bonchev–Trinajstić information content (AvgIpc) is 2.74. The lowest BCUT2D eigenvalue weighted by molar-refractivity contribution is 0.0698. The van der Waals surface area contributed by atoms with E-state index in [2.05, 4.69) is 9.03 Å². The molecule has 148 valence electrons. The zero-order valence-electron chi connectivity index (χ0n) is 16.2. The molecule has 2 aliphatic rings. The summed E-state index contributed by atoms with van der Waals surface area (Å²) in [7, 11) is 0. The SMILES string of the molecule is O=C(O)c1ccc(-c2ccccc2)cc1NSN1CCC2(CCCCC2)CC1. The Labute approximate surface area is 171 Å². The first-order valence-electron chi connectivity index (χ1n) is 10.3. The summed E-state index contributed by atoms with van der Waals surface area (Å²) < 4.78 is 5.68. The minimum atomic E-state index is -0.900. The Morgan fingerprint density at radius 2 is 1.64 bits per heavy atom. The molecule has 0 amide bonds. The third kappa shape index (κ3) is 4.36. The zero-order chi connectivity index (χ0) is 19.4. The molecule has 1 aliphatic heterocycles. The van der Waals surface area contributed by atoms with Crippen LogP contribution in [0.3, 0.4) is 0 Å². The van der Waals surface area contributed by atoms with Crippen molar-refractivity contribution in [2.75, 3.05) is 17.8 Å². The van der Waals surface area contributed by atoms with Crippen LogP contribution in [-0.4, -0.2) is 28.5 Å². The van der Waals surface area contributed by atoms with Crippen molar-refractivity contribution < 1.29 is 9.90 Å². The van der Waals surface area contributed by atoms with Gasteiger partial charge in [0.15, 0.2) is 0 Å². The summed E-state index contributed by atoms with van der Waals surface area (Å²) in [6.07, 6.45) is 9.48. The van der Waals surface area contributed by atoms with Gasteiger partial charge in [-0.2, -0.15) is 0 Å². The van der Waals surface area contributed by atoms with Crippen molar-refractivity contribution in [1.29, 1.82) is 0 Å². The molecule has 4 rings (SSSR count). The number of nitrogens with one attached hydrogen (secondary N) is 1. The number of aromatic carboxylic acids is 1. The molecule has 0 atom stereocenters. The van der Waals surface area contributed by atoms with Crippen LogP contribution in [0.4, 0.5) is 5.69 Å². The second kappa shape index (κ2) is 8.58. The Morgan fingerprint density at radius 1 is 0.929 bits per heavy atom. The molecule has 1 aliphatic carbocycles. The fraction of sp³-hybridized carbons (Fsp3) is 0.435. The Bertz CT molecular complexity index is 809. The van der Waals surface area contributed by atoms with Crippen LogP contribution in [0.2, 0.25) is 0 Å². The number of hydrogen-bond acceptors (Lipinski definition) is 4. The number of carboxylic acid groups (broad SMARTS) is 1. The molecule has 2 aromatic rings. The first-order valence-corrected chi connectivity index (χ1v) is 11.0. The van der Waals surface area contributed by atoms with Crippen LogP contribution in [0.1, 0.15) is 55.3 Å². The van der Waals surface area contributed by atoms with Crippen molar-refractivity contribution >= 4 is 23.8 Å². The van der Waals surface area contributed by atoms with Gasteiger partial charge in [-0.25, -0.2) is 9.10 Å². The molecule has 0 radical (unpaired) electrons. The van der Waals surface area contributed by atoms with Crippen molar-refractivity contribution in [2.45, 2.75) is 44.9 Å². The second-order valence-electron chi connectivity index (χ2n) is 8.11. The second-order valence-corrected chi connectivity index (χ2v) is 9.02. The van der Waals surface area contributed by atoms with Crippen LogP contribution in [-0.2, 0) is 0 Å². The van der Waals surface area contributed by atoms with E-state index in [1.807, 2.05) is 42.5 Å². The molecular weight excluding hydrogens is 368 g/mol. The third-order valence-corrected chi connectivity index (χ3v) is 7.27. The molecule has 4 nitrogen and oxygen atoms in total. The molecule has 1 saturated carbocycles.